The minimum atomic E-state index is -0.749. The Morgan fingerprint density at radius 3 is 2.67 bits per heavy atom. The maximum atomic E-state index is 11.4. The molecular weight excluding hydrogens is 246 g/mol. The first-order chi connectivity index (χ1) is 8.72. The molecule has 0 fully saturated rings. The Balaban J connectivity index is 2.18. The number of anilines is 1. The highest BCUT2D eigenvalue weighted by molar-refractivity contribution is 7.84. The standard InChI is InChI=1S/C13H17N3OS/c1-3-18(17)9-8-14-13-12-7-5-4-6-11(12)10(2)15-16-13/h4-7H,3,8-9H2,1-2H3,(H,14,16). The molecule has 2 aromatic rings. The van der Waals surface area contributed by atoms with E-state index < -0.39 is 10.8 Å². The average molecular weight is 263 g/mol. The lowest BCUT2D eigenvalue weighted by Gasteiger charge is -2.08. The van der Waals surface area contributed by atoms with Crippen LogP contribution in [-0.4, -0.2) is 32.5 Å². The van der Waals surface area contributed by atoms with E-state index in [-0.39, 0.29) is 0 Å². The lowest BCUT2D eigenvalue weighted by molar-refractivity contribution is 0.684. The molecule has 0 aliphatic carbocycles. The molecule has 0 radical (unpaired) electrons. The number of rotatable bonds is 5. The molecule has 1 aromatic heterocycles. The van der Waals surface area contributed by atoms with Crippen LogP contribution in [0.3, 0.4) is 0 Å². The van der Waals surface area contributed by atoms with Gasteiger partial charge in [-0.05, 0) is 6.92 Å². The summed E-state index contributed by atoms with van der Waals surface area (Å²) >= 11 is 0. The molecule has 1 unspecified atom stereocenters. The number of aryl methyl sites for hydroxylation is 1. The van der Waals surface area contributed by atoms with Crippen molar-refractivity contribution < 1.29 is 4.21 Å². The summed E-state index contributed by atoms with van der Waals surface area (Å²) in [6.07, 6.45) is 0. The number of benzene rings is 1. The molecule has 0 saturated heterocycles. The van der Waals surface area contributed by atoms with Crippen molar-refractivity contribution in [1.29, 1.82) is 0 Å². The fourth-order valence-corrected chi connectivity index (χ4v) is 2.41. The first-order valence-electron chi connectivity index (χ1n) is 6.03. The Morgan fingerprint density at radius 2 is 1.94 bits per heavy atom. The van der Waals surface area contributed by atoms with Crippen molar-refractivity contribution in [3.8, 4) is 0 Å². The maximum Gasteiger partial charge on any atom is 0.156 e. The second kappa shape index (κ2) is 5.91. The predicted octanol–water partition coefficient (Wildman–Crippen LogP) is 2.12. The molecule has 0 spiro atoms. The summed E-state index contributed by atoms with van der Waals surface area (Å²) in [5, 5.41) is 13.7. The third kappa shape index (κ3) is 2.85. The zero-order valence-corrected chi connectivity index (χ0v) is 11.5. The second-order valence-corrected chi connectivity index (χ2v) is 5.90. The fourth-order valence-electron chi connectivity index (χ4n) is 1.80. The summed E-state index contributed by atoms with van der Waals surface area (Å²) in [4.78, 5) is 0. The topological polar surface area (TPSA) is 54.9 Å². The van der Waals surface area contributed by atoms with E-state index in [2.05, 4.69) is 15.5 Å². The first kappa shape index (κ1) is 13.0. The highest BCUT2D eigenvalue weighted by Crippen LogP contribution is 2.21. The Hall–Kier alpha value is -1.49. The van der Waals surface area contributed by atoms with Gasteiger partial charge in [0.25, 0.3) is 0 Å². The van der Waals surface area contributed by atoms with Gasteiger partial charge in [-0.2, -0.15) is 5.10 Å². The number of fused-ring (bicyclic) bond motifs is 1. The van der Waals surface area contributed by atoms with Crippen LogP contribution in [0.1, 0.15) is 12.6 Å². The summed E-state index contributed by atoms with van der Waals surface area (Å²) in [6, 6.07) is 8.04. The van der Waals surface area contributed by atoms with Crippen LogP contribution >= 0.6 is 0 Å². The van der Waals surface area contributed by atoms with E-state index in [1.54, 1.807) is 0 Å². The van der Waals surface area contributed by atoms with Gasteiger partial charge < -0.3 is 5.32 Å². The Kier molecular flexibility index (Phi) is 4.25. The van der Waals surface area contributed by atoms with Crippen LogP contribution in [0.2, 0.25) is 0 Å². The molecular formula is C13H17N3OS. The maximum absolute atomic E-state index is 11.4. The highest BCUT2D eigenvalue weighted by Gasteiger charge is 2.05. The zero-order chi connectivity index (χ0) is 13.0. The lowest BCUT2D eigenvalue weighted by Crippen LogP contribution is -2.13. The van der Waals surface area contributed by atoms with Crippen LogP contribution in [-0.2, 0) is 10.8 Å². The minimum Gasteiger partial charge on any atom is -0.367 e. The molecule has 1 heterocycles. The summed E-state index contributed by atoms with van der Waals surface area (Å²) < 4.78 is 11.4. The van der Waals surface area contributed by atoms with Gasteiger partial charge in [0.1, 0.15) is 0 Å². The van der Waals surface area contributed by atoms with E-state index in [0.717, 1.165) is 22.3 Å². The molecule has 0 aliphatic rings. The van der Waals surface area contributed by atoms with Crippen molar-refractivity contribution in [3.05, 3.63) is 30.0 Å². The predicted molar refractivity (Wildman–Crippen MR) is 76.3 cm³/mol. The Labute approximate surface area is 109 Å². The van der Waals surface area contributed by atoms with Crippen molar-refractivity contribution in [2.24, 2.45) is 0 Å². The lowest BCUT2D eigenvalue weighted by atomic mass is 10.1. The summed E-state index contributed by atoms with van der Waals surface area (Å²) in [5.74, 6) is 2.10. The Morgan fingerprint density at radius 1 is 1.22 bits per heavy atom. The third-order valence-corrected chi connectivity index (χ3v) is 4.12. The largest absolute Gasteiger partial charge is 0.367 e. The third-order valence-electron chi connectivity index (χ3n) is 2.82. The average Bonchev–Trinajstić information content (AvgIpc) is 2.41. The van der Waals surface area contributed by atoms with Gasteiger partial charge >= 0.3 is 0 Å². The van der Waals surface area contributed by atoms with Gasteiger partial charge in [0, 0.05) is 39.6 Å². The van der Waals surface area contributed by atoms with E-state index in [1.807, 2.05) is 38.1 Å². The quantitative estimate of drug-likeness (QED) is 0.897. The number of nitrogens with one attached hydrogen (secondary N) is 1. The van der Waals surface area contributed by atoms with Crippen LogP contribution in [0.15, 0.2) is 24.3 Å². The number of aromatic nitrogens is 2. The van der Waals surface area contributed by atoms with Crippen LogP contribution in [0, 0.1) is 6.92 Å². The minimum absolute atomic E-state index is 0.639. The highest BCUT2D eigenvalue weighted by atomic mass is 32.2. The zero-order valence-electron chi connectivity index (χ0n) is 10.6. The monoisotopic (exact) mass is 263 g/mol. The van der Waals surface area contributed by atoms with Gasteiger partial charge in [0.05, 0.1) is 5.69 Å². The van der Waals surface area contributed by atoms with Crippen LogP contribution in [0.25, 0.3) is 10.8 Å². The van der Waals surface area contributed by atoms with Gasteiger partial charge in [0.15, 0.2) is 5.82 Å². The van der Waals surface area contributed by atoms with E-state index >= 15 is 0 Å². The fraction of sp³-hybridized carbons (Fsp3) is 0.385. The molecule has 1 N–H and O–H groups in total. The number of hydrogen-bond donors (Lipinski definition) is 1. The van der Waals surface area contributed by atoms with Crippen LogP contribution < -0.4 is 5.32 Å². The summed E-state index contributed by atoms with van der Waals surface area (Å²) in [5.41, 5.74) is 0.924. The van der Waals surface area contributed by atoms with Crippen molar-refractivity contribution >= 4 is 27.4 Å². The molecule has 1 atom stereocenters. The van der Waals surface area contributed by atoms with Gasteiger partial charge in [0.2, 0.25) is 0 Å². The molecule has 18 heavy (non-hydrogen) atoms. The van der Waals surface area contributed by atoms with Crippen molar-refractivity contribution in [1.82, 2.24) is 10.2 Å². The molecule has 0 aliphatic heterocycles. The first-order valence-corrected chi connectivity index (χ1v) is 7.52. The van der Waals surface area contributed by atoms with E-state index in [4.69, 9.17) is 0 Å². The van der Waals surface area contributed by atoms with Crippen LogP contribution in [0.4, 0.5) is 5.82 Å². The molecule has 0 amide bonds. The number of hydrogen-bond acceptors (Lipinski definition) is 4. The molecule has 96 valence electrons. The van der Waals surface area contributed by atoms with Crippen LogP contribution in [0.5, 0.6) is 0 Å². The summed E-state index contributed by atoms with van der Waals surface area (Å²) in [7, 11) is -0.749. The van der Waals surface area contributed by atoms with Crippen molar-refractivity contribution in [2.75, 3.05) is 23.4 Å². The second-order valence-electron chi connectivity index (χ2n) is 4.04. The van der Waals surface area contributed by atoms with Gasteiger partial charge in [-0.3, -0.25) is 4.21 Å². The number of nitrogens with zero attached hydrogens (tertiary/aromatic N) is 2. The van der Waals surface area contributed by atoms with Crippen molar-refractivity contribution in [2.45, 2.75) is 13.8 Å². The smallest absolute Gasteiger partial charge is 0.156 e. The SMILES string of the molecule is CCS(=O)CCNc1nnc(C)c2ccccc12. The molecule has 0 saturated carbocycles. The molecule has 0 bridgehead atoms. The normalized spacial score (nSPS) is 12.6. The van der Waals surface area contributed by atoms with Crippen molar-refractivity contribution in [3.63, 3.8) is 0 Å². The molecule has 1 aromatic carbocycles. The Bertz CT molecular complexity index is 571. The summed E-state index contributed by atoms with van der Waals surface area (Å²) in [6.45, 7) is 4.53. The molecule has 2 rings (SSSR count). The van der Waals surface area contributed by atoms with Gasteiger partial charge in [-0.25, -0.2) is 0 Å². The van der Waals surface area contributed by atoms with E-state index in [9.17, 15) is 4.21 Å². The van der Waals surface area contributed by atoms with Gasteiger partial charge in [-0.15, -0.1) is 5.10 Å². The molecule has 5 heteroatoms. The molecule has 4 nitrogen and oxygen atoms in total. The van der Waals surface area contributed by atoms with E-state index in [0.29, 0.717) is 18.1 Å². The van der Waals surface area contributed by atoms with E-state index in [1.165, 1.54) is 0 Å². The van der Waals surface area contributed by atoms with Gasteiger partial charge in [-0.1, -0.05) is 31.2 Å².